The normalized spacial score (nSPS) is 13.5. The molecule has 6 heteroatoms. The van der Waals surface area contributed by atoms with Gasteiger partial charge in [0.2, 0.25) is 0 Å². The molecule has 1 unspecified atom stereocenters. The summed E-state index contributed by atoms with van der Waals surface area (Å²) in [6, 6.07) is 2.21. The molecule has 0 aliphatic carbocycles. The lowest BCUT2D eigenvalue weighted by Gasteiger charge is -2.12. The Morgan fingerprint density at radius 1 is 1.44 bits per heavy atom. The smallest absolute Gasteiger partial charge is 0.387 e. The molecule has 3 nitrogen and oxygen atoms in total. The highest BCUT2D eigenvalue weighted by molar-refractivity contribution is 5.80. The largest absolute Gasteiger partial charge is 0.420 e. The first-order valence-electron chi connectivity index (χ1n) is 5.00. The summed E-state index contributed by atoms with van der Waals surface area (Å²) in [5.41, 5.74) is -1.22. The molecule has 18 heavy (non-hydrogen) atoms. The van der Waals surface area contributed by atoms with E-state index >= 15 is 0 Å². The zero-order valence-corrected chi connectivity index (χ0v) is 9.03. The molecule has 0 saturated heterocycles. The van der Waals surface area contributed by atoms with Crippen LogP contribution in [0.1, 0.15) is 23.7 Å². The highest BCUT2D eigenvalue weighted by atomic mass is 19.4. The minimum atomic E-state index is -4.58. The minimum Gasteiger partial charge on any atom is -0.387 e. The molecule has 0 radical (unpaired) electrons. The third-order valence-corrected chi connectivity index (χ3v) is 2.48. The number of hydrogen-bond donors (Lipinski definition) is 1. The average Bonchev–Trinajstić information content (AvgIpc) is 2.74. The minimum absolute atomic E-state index is 0.0614. The second kappa shape index (κ2) is 4.35. The van der Waals surface area contributed by atoms with Crippen molar-refractivity contribution in [3.8, 4) is 12.3 Å². The van der Waals surface area contributed by atoms with Crippen LogP contribution in [0.3, 0.4) is 0 Å². The lowest BCUT2D eigenvalue weighted by Crippen LogP contribution is -2.07. The van der Waals surface area contributed by atoms with Crippen molar-refractivity contribution in [1.82, 2.24) is 5.16 Å². The molecule has 0 spiro atoms. The summed E-state index contributed by atoms with van der Waals surface area (Å²) in [6.45, 7) is 0. The van der Waals surface area contributed by atoms with Crippen molar-refractivity contribution in [3.63, 3.8) is 0 Å². The number of aliphatic hydroxyl groups excluding tert-OH is 1. The molecule has 2 rings (SSSR count). The fraction of sp³-hybridized carbons (Fsp3) is 0.250. The quantitative estimate of drug-likeness (QED) is 0.839. The summed E-state index contributed by atoms with van der Waals surface area (Å²) in [7, 11) is 0. The third-order valence-electron chi connectivity index (χ3n) is 2.48. The second-order valence-electron chi connectivity index (χ2n) is 3.73. The predicted molar refractivity (Wildman–Crippen MR) is 57.4 cm³/mol. The number of aromatic nitrogens is 1. The van der Waals surface area contributed by atoms with Crippen molar-refractivity contribution in [2.24, 2.45) is 0 Å². The van der Waals surface area contributed by atoms with E-state index in [-0.39, 0.29) is 23.0 Å². The topological polar surface area (TPSA) is 46.3 Å². The molecule has 1 heterocycles. The van der Waals surface area contributed by atoms with E-state index in [0.29, 0.717) is 0 Å². The van der Waals surface area contributed by atoms with Gasteiger partial charge < -0.3 is 9.63 Å². The lowest BCUT2D eigenvalue weighted by atomic mass is 10.0. The first-order valence-corrected chi connectivity index (χ1v) is 5.00. The molecule has 1 aromatic carbocycles. The van der Waals surface area contributed by atoms with Gasteiger partial charge in [-0.3, -0.25) is 0 Å². The van der Waals surface area contributed by atoms with Crippen LogP contribution < -0.4 is 0 Å². The van der Waals surface area contributed by atoms with Gasteiger partial charge in [-0.1, -0.05) is 5.16 Å². The Balaban J connectivity index is 2.62. The van der Waals surface area contributed by atoms with Crippen LogP contribution in [-0.4, -0.2) is 10.3 Å². The van der Waals surface area contributed by atoms with Gasteiger partial charge in [-0.25, -0.2) is 0 Å². The van der Waals surface area contributed by atoms with Gasteiger partial charge in [0.25, 0.3) is 0 Å². The molecular formula is C12H8F3NO2. The van der Waals surface area contributed by atoms with Crippen LogP contribution in [0.4, 0.5) is 13.2 Å². The van der Waals surface area contributed by atoms with Crippen molar-refractivity contribution < 1.29 is 22.8 Å². The van der Waals surface area contributed by atoms with Gasteiger partial charge >= 0.3 is 6.18 Å². The zero-order chi connectivity index (χ0) is 13.3. The standard InChI is InChI=1S/C12H8F3NO2/c1-2-3-10(17)7-4-8-6-16-18-11(8)9(5-7)12(13,14)15/h1,4-6,10,17H,3H2. The molecular weight excluding hydrogens is 247 g/mol. The van der Waals surface area contributed by atoms with Crippen LogP contribution in [0.2, 0.25) is 0 Å². The molecule has 1 N–H and O–H groups in total. The molecule has 0 bridgehead atoms. The number of alkyl halides is 3. The number of benzene rings is 1. The molecule has 0 amide bonds. The van der Waals surface area contributed by atoms with Gasteiger partial charge in [0.15, 0.2) is 5.58 Å². The Bertz CT molecular complexity index is 610. The molecule has 1 atom stereocenters. The highest BCUT2D eigenvalue weighted by Gasteiger charge is 2.35. The van der Waals surface area contributed by atoms with Gasteiger partial charge in [-0.05, 0) is 17.7 Å². The highest BCUT2D eigenvalue weighted by Crippen LogP contribution is 2.37. The van der Waals surface area contributed by atoms with Crippen LogP contribution in [0, 0.1) is 12.3 Å². The number of fused-ring (bicyclic) bond motifs is 1. The Morgan fingerprint density at radius 3 is 2.78 bits per heavy atom. The SMILES string of the molecule is C#CCC(O)c1cc(C(F)(F)F)c2oncc2c1. The zero-order valence-electron chi connectivity index (χ0n) is 9.03. The van der Waals surface area contributed by atoms with E-state index in [0.717, 1.165) is 12.3 Å². The maximum Gasteiger partial charge on any atom is 0.420 e. The van der Waals surface area contributed by atoms with Crippen molar-refractivity contribution in [1.29, 1.82) is 0 Å². The first-order chi connectivity index (χ1) is 8.43. The van der Waals surface area contributed by atoms with E-state index in [4.69, 9.17) is 6.42 Å². The van der Waals surface area contributed by atoms with Gasteiger partial charge in [-0.15, -0.1) is 12.3 Å². The van der Waals surface area contributed by atoms with Crippen molar-refractivity contribution in [3.05, 3.63) is 29.5 Å². The summed E-state index contributed by atoms with van der Waals surface area (Å²) in [5, 5.41) is 13.1. The Hall–Kier alpha value is -2.00. The number of halogens is 3. The van der Waals surface area contributed by atoms with Crippen LogP contribution in [-0.2, 0) is 6.18 Å². The molecule has 2 aromatic rings. The van der Waals surface area contributed by atoms with Gasteiger partial charge in [0.05, 0.1) is 12.3 Å². The molecule has 0 aliphatic heterocycles. The van der Waals surface area contributed by atoms with Gasteiger partial charge in [-0.2, -0.15) is 13.2 Å². The van der Waals surface area contributed by atoms with E-state index in [1.165, 1.54) is 6.07 Å². The maximum absolute atomic E-state index is 12.8. The Labute approximate surface area is 100 Å². The fourth-order valence-corrected chi connectivity index (χ4v) is 1.64. The first kappa shape index (κ1) is 12.5. The van der Waals surface area contributed by atoms with Crippen LogP contribution in [0.5, 0.6) is 0 Å². The van der Waals surface area contributed by atoms with Crippen molar-refractivity contribution in [2.45, 2.75) is 18.7 Å². The summed E-state index contributed by atoms with van der Waals surface area (Å²) in [6.07, 6.45) is 0.399. The second-order valence-corrected chi connectivity index (χ2v) is 3.73. The predicted octanol–water partition coefficient (Wildman–Crippen LogP) is 2.90. The number of nitrogens with zero attached hydrogens (tertiary/aromatic N) is 1. The van der Waals surface area contributed by atoms with E-state index in [1.807, 2.05) is 0 Å². The van der Waals surface area contributed by atoms with Crippen molar-refractivity contribution >= 4 is 11.0 Å². The van der Waals surface area contributed by atoms with Crippen LogP contribution in [0.15, 0.2) is 22.9 Å². The molecule has 0 aliphatic rings. The van der Waals surface area contributed by atoms with E-state index in [2.05, 4.69) is 15.6 Å². The number of terminal acetylenes is 1. The Kier molecular flexibility index (Phi) is 3.01. The van der Waals surface area contributed by atoms with E-state index in [1.54, 1.807) is 0 Å². The van der Waals surface area contributed by atoms with Crippen molar-refractivity contribution in [2.75, 3.05) is 0 Å². The lowest BCUT2D eigenvalue weighted by molar-refractivity contribution is -0.137. The molecule has 1 aromatic heterocycles. The average molecular weight is 255 g/mol. The summed E-state index contributed by atoms with van der Waals surface area (Å²) in [4.78, 5) is 0. The van der Waals surface area contributed by atoms with Gasteiger partial charge in [0, 0.05) is 11.8 Å². The summed E-state index contributed by atoms with van der Waals surface area (Å²) in [5.74, 6) is 2.20. The van der Waals surface area contributed by atoms with Crippen LogP contribution >= 0.6 is 0 Å². The third kappa shape index (κ3) is 2.17. The molecule has 0 saturated carbocycles. The molecule has 94 valence electrons. The number of hydrogen-bond acceptors (Lipinski definition) is 3. The summed E-state index contributed by atoms with van der Waals surface area (Å²) < 4.78 is 43.0. The molecule has 0 fully saturated rings. The van der Waals surface area contributed by atoms with E-state index < -0.39 is 17.8 Å². The van der Waals surface area contributed by atoms with E-state index in [9.17, 15) is 18.3 Å². The van der Waals surface area contributed by atoms with Gasteiger partial charge in [0.1, 0.15) is 5.56 Å². The monoisotopic (exact) mass is 255 g/mol. The van der Waals surface area contributed by atoms with Crippen LogP contribution in [0.25, 0.3) is 11.0 Å². The number of aliphatic hydroxyl groups is 1. The maximum atomic E-state index is 12.8. The summed E-state index contributed by atoms with van der Waals surface area (Å²) >= 11 is 0. The number of rotatable bonds is 2. The fourth-order valence-electron chi connectivity index (χ4n) is 1.64. The Morgan fingerprint density at radius 2 is 2.17 bits per heavy atom.